The Morgan fingerprint density at radius 2 is 2.06 bits per heavy atom. The number of rotatable bonds is 4. The zero-order valence-electron chi connectivity index (χ0n) is 9.84. The molecule has 6 heteroatoms. The molecule has 4 N–H and O–H groups in total. The lowest BCUT2D eigenvalue weighted by molar-refractivity contribution is -0.115. The van der Waals surface area contributed by atoms with Crippen molar-refractivity contribution in [3.63, 3.8) is 0 Å². The van der Waals surface area contributed by atoms with Crippen LogP contribution in [-0.2, 0) is 4.79 Å². The summed E-state index contributed by atoms with van der Waals surface area (Å²) in [5.41, 5.74) is 14.0. The molecule has 4 nitrogen and oxygen atoms in total. The van der Waals surface area contributed by atoms with E-state index in [-0.39, 0.29) is 11.7 Å². The Morgan fingerprint density at radius 3 is 2.67 bits per heavy atom. The van der Waals surface area contributed by atoms with Gasteiger partial charge in [0, 0.05) is 5.56 Å². The van der Waals surface area contributed by atoms with E-state index in [0.717, 1.165) is 15.6 Å². The molecule has 0 aliphatic rings. The van der Waals surface area contributed by atoms with Crippen molar-refractivity contribution >= 4 is 34.0 Å². The average Bonchev–Trinajstić information content (AvgIpc) is 2.69. The van der Waals surface area contributed by atoms with Crippen LogP contribution in [0.15, 0.2) is 28.6 Å². The van der Waals surface area contributed by atoms with Gasteiger partial charge in [0.2, 0.25) is 5.91 Å². The number of nitrogens with zero attached hydrogens (tertiary/aromatic N) is 1. The van der Waals surface area contributed by atoms with Crippen LogP contribution in [0.4, 0.5) is 5.00 Å². The second kappa shape index (κ2) is 5.41. The number of carbonyl (C=O) groups excluding carboxylic acids is 1. The predicted molar refractivity (Wildman–Crippen MR) is 76.6 cm³/mol. The van der Waals surface area contributed by atoms with E-state index in [2.05, 4.69) is 4.98 Å². The predicted octanol–water partition coefficient (Wildman–Crippen LogP) is 2.28. The Labute approximate surface area is 113 Å². The smallest absolute Gasteiger partial charge is 0.227 e. The summed E-state index contributed by atoms with van der Waals surface area (Å²) in [7, 11) is 0. The minimum atomic E-state index is -0.356. The van der Waals surface area contributed by atoms with Gasteiger partial charge in [0.15, 0.2) is 4.34 Å². The van der Waals surface area contributed by atoms with Crippen molar-refractivity contribution in [2.24, 2.45) is 5.73 Å². The maximum atomic E-state index is 10.7. The van der Waals surface area contributed by atoms with Crippen LogP contribution in [-0.4, -0.2) is 16.6 Å². The minimum Gasteiger partial charge on any atom is -0.389 e. The zero-order valence-corrected chi connectivity index (χ0v) is 11.5. The number of amides is 1. The molecule has 0 aliphatic carbocycles. The summed E-state index contributed by atoms with van der Waals surface area (Å²) in [4.78, 5) is 15.1. The second-order valence-corrected chi connectivity index (χ2v) is 6.07. The molecule has 1 heterocycles. The molecule has 0 bridgehead atoms. The lowest BCUT2D eigenvalue weighted by Gasteiger charge is -1.98. The summed E-state index contributed by atoms with van der Waals surface area (Å²) in [6.45, 7) is 2.03. The molecule has 2 aromatic rings. The third kappa shape index (κ3) is 3.02. The number of aryl methyl sites for hydroxylation is 1. The lowest BCUT2D eigenvalue weighted by atomic mass is 10.1. The van der Waals surface area contributed by atoms with Crippen LogP contribution in [0.5, 0.6) is 0 Å². The van der Waals surface area contributed by atoms with E-state index in [9.17, 15) is 4.79 Å². The molecule has 0 spiro atoms. The quantitative estimate of drug-likeness (QED) is 0.841. The first kappa shape index (κ1) is 12.9. The number of primary amides is 1. The van der Waals surface area contributed by atoms with E-state index >= 15 is 0 Å². The number of anilines is 1. The first-order chi connectivity index (χ1) is 8.56. The highest BCUT2D eigenvalue weighted by Gasteiger charge is 2.11. The molecule has 0 unspecified atom stereocenters. The molecule has 0 fully saturated rings. The van der Waals surface area contributed by atoms with Crippen molar-refractivity contribution in [3.05, 3.63) is 29.8 Å². The summed E-state index contributed by atoms with van der Waals surface area (Å²) < 4.78 is 0.766. The summed E-state index contributed by atoms with van der Waals surface area (Å²) in [6, 6.07) is 8.02. The number of thiazole rings is 1. The molecule has 94 valence electrons. The monoisotopic (exact) mass is 279 g/mol. The van der Waals surface area contributed by atoms with Crippen LogP contribution >= 0.6 is 23.1 Å². The van der Waals surface area contributed by atoms with Crippen molar-refractivity contribution in [3.8, 4) is 11.3 Å². The SMILES string of the molecule is Cc1ccc(-c2nc(SCC(N)=O)sc2N)cc1. The fourth-order valence-electron chi connectivity index (χ4n) is 1.42. The molecule has 0 radical (unpaired) electrons. The first-order valence-electron chi connectivity index (χ1n) is 5.30. The van der Waals surface area contributed by atoms with Crippen LogP contribution in [0, 0.1) is 6.92 Å². The van der Waals surface area contributed by atoms with Gasteiger partial charge in [-0.2, -0.15) is 0 Å². The van der Waals surface area contributed by atoms with E-state index in [1.165, 1.54) is 28.7 Å². The number of hydrogen-bond acceptors (Lipinski definition) is 5. The Balaban J connectivity index is 2.23. The Morgan fingerprint density at radius 1 is 1.39 bits per heavy atom. The second-order valence-electron chi connectivity index (χ2n) is 3.81. The zero-order chi connectivity index (χ0) is 13.1. The summed E-state index contributed by atoms with van der Waals surface area (Å²) >= 11 is 2.69. The van der Waals surface area contributed by atoms with E-state index in [1.54, 1.807) is 0 Å². The van der Waals surface area contributed by atoms with Crippen LogP contribution in [0.2, 0.25) is 0 Å². The lowest BCUT2D eigenvalue weighted by Crippen LogP contribution is -2.12. The molecule has 0 saturated carbocycles. The van der Waals surface area contributed by atoms with Gasteiger partial charge in [-0.1, -0.05) is 52.9 Å². The third-order valence-electron chi connectivity index (χ3n) is 2.30. The molecule has 2 rings (SSSR count). The first-order valence-corrected chi connectivity index (χ1v) is 7.11. The van der Waals surface area contributed by atoms with Gasteiger partial charge in [0.05, 0.1) is 5.75 Å². The number of aromatic nitrogens is 1. The standard InChI is InChI=1S/C12H13N3OS2/c1-7-2-4-8(5-3-7)10-11(14)18-12(15-10)17-6-9(13)16/h2-5H,6,14H2,1H3,(H2,13,16). The van der Waals surface area contributed by atoms with Crippen LogP contribution in [0.3, 0.4) is 0 Å². The van der Waals surface area contributed by atoms with Crippen molar-refractivity contribution < 1.29 is 4.79 Å². The number of carbonyl (C=O) groups is 1. The maximum Gasteiger partial charge on any atom is 0.227 e. The number of thioether (sulfide) groups is 1. The molecular formula is C12H13N3OS2. The van der Waals surface area contributed by atoms with E-state index in [0.29, 0.717) is 5.00 Å². The molecule has 0 aliphatic heterocycles. The van der Waals surface area contributed by atoms with E-state index < -0.39 is 0 Å². The van der Waals surface area contributed by atoms with Crippen molar-refractivity contribution in [1.82, 2.24) is 4.98 Å². The molecule has 18 heavy (non-hydrogen) atoms. The number of nitrogen functional groups attached to an aromatic ring is 1. The number of benzene rings is 1. The molecule has 0 saturated heterocycles. The van der Waals surface area contributed by atoms with Gasteiger partial charge in [-0.25, -0.2) is 4.98 Å². The maximum absolute atomic E-state index is 10.7. The van der Waals surface area contributed by atoms with Gasteiger partial charge in [0.1, 0.15) is 10.7 Å². The van der Waals surface area contributed by atoms with Crippen molar-refractivity contribution in [2.45, 2.75) is 11.3 Å². The highest BCUT2D eigenvalue weighted by molar-refractivity contribution is 8.01. The molecule has 1 amide bonds. The van der Waals surface area contributed by atoms with Gasteiger partial charge in [-0.15, -0.1) is 0 Å². The molecule has 0 atom stereocenters. The van der Waals surface area contributed by atoms with E-state index in [1.807, 2.05) is 31.2 Å². The highest BCUT2D eigenvalue weighted by atomic mass is 32.2. The van der Waals surface area contributed by atoms with E-state index in [4.69, 9.17) is 11.5 Å². The van der Waals surface area contributed by atoms with Gasteiger partial charge >= 0.3 is 0 Å². The third-order valence-corrected chi connectivity index (χ3v) is 4.35. The summed E-state index contributed by atoms with van der Waals surface area (Å²) in [5, 5.41) is 0.658. The fourth-order valence-corrected chi connectivity index (χ4v) is 3.11. The summed E-state index contributed by atoms with van der Waals surface area (Å²) in [5.74, 6) is -0.133. The largest absolute Gasteiger partial charge is 0.389 e. The minimum absolute atomic E-state index is 0.223. The topological polar surface area (TPSA) is 82.0 Å². The van der Waals surface area contributed by atoms with Gasteiger partial charge in [0.25, 0.3) is 0 Å². The fraction of sp³-hybridized carbons (Fsp3) is 0.167. The normalized spacial score (nSPS) is 10.5. The average molecular weight is 279 g/mol. The Bertz CT molecular complexity index is 563. The Kier molecular flexibility index (Phi) is 3.88. The molecule has 1 aromatic carbocycles. The van der Waals surface area contributed by atoms with Crippen molar-refractivity contribution in [1.29, 1.82) is 0 Å². The van der Waals surface area contributed by atoms with Crippen LogP contribution < -0.4 is 11.5 Å². The van der Waals surface area contributed by atoms with Gasteiger partial charge in [-0.3, -0.25) is 4.79 Å². The molecular weight excluding hydrogens is 266 g/mol. The van der Waals surface area contributed by atoms with Gasteiger partial charge < -0.3 is 11.5 Å². The summed E-state index contributed by atoms with van der Waals surface area (Å²) in [6.07, 6.45) is 0. The van der Waals surface area contributed by atoms with Crippen LogP contribution in [0.25, 0.3) is 11.3 Å². The Hall–Kier alpha value is -1.53. The number of hydrogen-bond donors (Lipinski definition) is 2. The molecule has 1 aromatic heterocycles. The highest BCUT2D eigenvalue weighted by Crippen LogP contribution is 2.35. The van der Waals surface area contributed by atoms with Gasteiger partial charge in [-0.05, 0) is 6.92 Å². The van der Waals surface area contributed by atoms with Crippen LogP contribution in [0.1, 0.15) is 5.56 Å². The number of nitrogens with two attached hydrogens (primary N) is 2. The van der Waals surface area contributed by atoms with Crippen molar-refractivity contribution in [2.75, 3.05) is 11.5 Å².